The highest BCUT2D eigenvalue weighted by Crippen LogP contribution is 2.29. The lowest BCUT2D eigenvalue weighted by atomic mass is 9.95. The molecule has 2 fully saturated rings. The molecule has 0 bridgehead atoms. The Morgan fingerprint density at radius 1 is 1.00 bits per heavy atom. The number of aliphatic hydroxyl groups excluding tert-OH is 4. The Hall–Kier alpha value is -1.38. The summed E-state index contributed by atoms with van der Waals surface area (Å²) in [6, 6.07) is -0.947. The summed E-state index contributed by atoms with van der Waals surface area (Å²) in [5, 5.41) is 52.1. The van der Waals surface area contributed by atoms with Crippen molar-refractivity contribution in [2.75, 3.05) is 7.11 Å². The summed E-state index contributed by atoms with van der Waals surface area (Å²) in [5.74, 6) is -1.93. The molecule has 27 heavy (non-hydrogen) atoms. The number of carboxylic acids is 1. The van der Waals surface area contributed by atoms with Crippen LogP contribution in [0.3, 0.4) is 0 Å². The first-order valence-electron chi connectivity index (χ1n) is 8.29. The molecule has 0 radical (unpaired) electrons. The maximum absolute atomic E-state index is 11.4. The van der Waals surface area contributed by atoms with Gasteiger partial charge in [-0.25, -0.2) is 4.79 Å². The van der Waals surface area contributed by atoms with Crippen LogP contribution in [0.4, 0.5) is 0 Å². The van der Waals surface area contributed by atoms with Gasteiger partial charge in [-0.15, -0.1) is 0 Å². The van der Waals surface area contributed by atoms with Gasteiger partial charge >= 0.3 is 5.97 Å². The Morgan fingerprint density at radius 2 is 1.63 bits per heavy atom. The number of carbonyl (C=O) groups excluding carboxylic acids is 1. The number of hydrogen-bond donors (Lipinski definition) is 6. The number of aliphatic carboxylic acids is 1. The molecular formula is C15H25NO11. The molecule has 0 aromatic heterocycles. The van der Waals surface area contributed by atoms with Crippen molar-refractivity contribution >= 4 is 11.9 Å². The summed E-state index contributed by atoms with van der Waals surface area (Å²) in [7, 11) is 1.15. The summed E-state index contributed by atoms with van der Waals surface area (Å²) in [6.07, 6.45) is -13.5. The van der Waals surface area contributed by atoms with Crippen molar-refractivity contribution in [3.63, 3.8) is 0 Å². The molecule has 0 spiro atoms. The van der Waals surface area contributed by atoms with E-state index in [0.717, 1.165) is 7.11 Å². The Morgan fingerprint density at radius 3 is 2.15 bits per heavy atom. The molecule has 6 N–H and O–H groups in total. The minimum atomic E-state index is -1.72. The van der Waals surface area contributed by atoms with Gasteiger partial charge in [-0.3, -0.25) is 4.79 Å². The fraction of sp³-hybridized carbons (Fsp3) is 0.867. The van der Waals surface area contributed by atoms with Gasteiger partial charge in [0.05, 0.1) is 12.1 Å². The summed E-state index contributed by atoms with van der Waals surface area (Å²) >= 11 is 0. The van der Waals surface area contributed by atoms with E-state index in [1.807, 2.05) is 0 Å². The zero-order chi connectivity index (χ0) is 20.5. The summed E-state index contributed by atoms with van der Waals surface area (Å²) < 4.78 is 20.7. The lowest BCUT2D eigenvalue weighted by molar-refractivity contribution is -0.338. The number of carboxylic acid groups (broad SMARTS) is 1. The lowest BCUT2D eigenvalue weighted by Gasteiger charge is -2.46. The van der Waals surface area contributed by atoms with Gasteiger partial charge in [0.15, 0.2) is 18.7 Å². The van der Waals surface area contributed by atoms with E-state index in [2.05, 4.69) is 5.32 Å². The third-order valence-electron chi connectivity index (χ3n) is 4.56. The second-order valence-electron chi connectivity index (χ2n) is 6.49. The fourth-order valence-electron chi connectivity index (χ4n) is 3.19. The van der Waals surface area contributed by atoms with Crippen LogP contribution < -0.4 is 5.32 Å². The smallest absolute Gasteiger partial charge is 0.335 e. The highest BCUT2D eigenvalue weighted by molar-refractivity contribution is 5.73. The van der Waals surface area contributed by atoms with Crippen LogP contribution in [0.5, 0.6) is 0 Å². The molecule has 2 aliphatic heterocycles. The lowest BCUT2D eigenvalue weighted by Crippen LogP contribution is -2.67. The monoisotopic (exact) mass is 395 g/mol. The van der Waals surface area contributed by atoms with Crippen molar-refractivity contribution in [3.05, 3.63) is 0 Å². The van der Waals surface area contributed by atoms with E-state index in [4.69, 9.17) is 18.9 Å². The Labute approximate surface area is 154 Å². The SMILES string of the molecule is CO[C@@H]1C(C(=O)O)O[C@@H](OC2C(NC(C)=O)[C@H](C)OC(O)[C@H]2O)C(O)C1O. The van der Waals surface area contributed by atoms with Crippen LogP contribution in [0.15, 0.2) is 0 Å². The summed E-state index contributed by atoms with van der Waals surface area (Å²) in [6.45, 7) is 2.74. The maximum Gasteiger partial charge on any atom is 0.335 e. The fourth-order valence-corrected chi connectivity index (χ4v) is 3.19. The maximum atomic E-state index is 11.4. The number of nitrogens with one attached hydrogen (secondary N) is 1. The predicted octanol–water partition coefficient (Wildman–Crippen LogP) is -3.48. The largest absolute Gasteiger partial charge is 0.479 e. The summed E-state index contributed by atoms with van der Waals surface area (Å²) in [4.78, 5) is 22.8. The van der Waals surface area contributed by atoms with E-state index in [1.54, 1.807) is 0 Å². The van der Waals surface area contributed by atoms with Gasteiger partial charge in [0.1, 0.15) is 30.5 Å². The minimum Gasteiger partial charge on any atom is -0.479 e. The molecule has 0 aromatic rings. The van der Waals surface area contributed by atoms with Crippen LogP contribution in [-0.2, 0) is 28.5 Å². The van der Waals surface area contributed by atoms with Gasteiger partial charge in [-0.05, 0) is 6.92 Å². The van der Waals surface area contributed by atoms with Crippen LogP contribution >= 0.6 is 0 Å². The number of aliphatic hydroxyl groups is 4. The molecular weight excluding hydrogens is 370 g/mol. The van der Waals surface area contributed by atoms with Crippen molar-refractivity contribution in [2.24, 2.45) is 0 Å². The summed E-state index contributed by atoms with van der Waals surface area (Å²) in [5.41, 5.74) is 0. The molecule has 2 heterocycles. The van der Waals surface area contributed by atoms with Crippen molar-refractivity contribution < 1.29 is 54.1 Å². The van der Waals surface area contributed by atoms with E-state index in [9.17, 15) is 35.1 Å². The molecule has 2 rings (SSSR count). The molecule has 2 aliphatic rings. The Bertz CT molecular complexity index is 546. The molecule has 0 saturated carbocycles. The first kappa shape index (κ1) is 21.9. The topological polar surface area (TPSA) is 184 Å². The molecule has 0 aliphatic carbocycles. The van der Waals surface area contributed by atoms with Gasteiger partial charge in [-0.1, -0.05) is 0 Å². The highest BCUT2D eigenvalue weighted by Gasteiger charge is 2.52. The van der Waals surface area contributed by atoms with Crippen LogP contribution in [0, 0.1) is 0 Å². The minimum absolute atomic E-state index is 0.472. The third kappa shape index (κ3) is 4.55. The van der Waals surface area contributed by atoms with Crippen molar-refractivity contribution in [2.45, 2.75) is 75.2 Å². The normalized spacial score (nSPS) is 45.3. The van der Waals surface area contributed by atoms with Crippen LogP contribution in [0.25, 0.3) is 0 Å². The molecule has 12 heteroatoms. The zero-order valence-corrected chi connectivity index (χ0v) is 15.0. The number of ether oxygens (including phenoxy) is 4. The molecule has 6 unspecified atom stereocenters. The van der Waals surface area contributed by atoms with E-state index in [-0.39, 0.29) is 0 Å². The molecule has 10 atom stereocenters. The van der Waals surface area contributed by atoms with E-state index in [1.165, 1.54) is 13.8 Å². The van der Waals surface area contributed by atoms with Crippen molar-refractivity contribution in [3.8, 4) is 0 Å². The van der Waals surface area contributed by atoms with Gasteiger partial charge in [-0.2, -0.15) is 0 Å². The number of amides is 1. The second-order valence-corrected chi connectivity index (χ2v) is 6.49. The standard InChI is InChI=1S/C15H25NO11/c1-4-6(16-5(2)17)10(9(20)14(23)25-4)26-15-8(19)7(18)11(24-3)12(27-15)13(21)22/h4,6-12,14-15,18-20,23H,1-3H3,(H,16,17)(H,21,22)/t4-,6?,7?,8?,9-,10?,11-,12?,14?,15+/m0/s1. The van der Waals surface area contributed by atoms with Crippen LogP contribution in [0.1, 0.15) is 13.8 Å². The highest BCUT2D eigenvalue weighted by atomic mass is 16.7. The average Bonchev–Trinajstić information content (AvgIpc) is 2.58. The number of hydrogen-bond acceptors (Lipinski definition) is 10. The molecule has 0 aromatic carbocycles. The van der Waals surface area contributed by atoms with Gasteiger partial charge in [0, 0.05) is 14.0 Å². The van der Waals surface area contributed by atoms with Crippen molar-refractivity contribution in [1.82, 2.24) is 5.32 Å². The number of carbonyl (C=O) groups is 2. The Kier molecular flexibility index (Phi) is 7.10. The first-order valence-corrected chi connectivity index (χ1v) is 8.29. The van der Waals surface area contributed by atoms with Gasteiger partial charge in [0.25, 0.3) is 0 Å². The molecule has 1 amide bonds. The average molecular weight is 395 g/mol. The molecule has 12 nitrogen and oxygen atoms in total. The van der Waals surface area contributed by atoms with E-state index < -0.39 is 73.2 Å². The van der Waals surface area contributed by atoms with Gasteiger partial charge in [0.2, 0.25) is 5.91 Å². The van der Waals surface area contributed by atoms with Crippen molar-refractivity contribution in [1.29, 1.82) is 0 Å². The Balaban J connectivity index is 2.24. The predicted molar refractivity (Wildman–Crippen MR) is 84.1 cm³/mol. The quantitative estimate of drug-likeness (QED) is 0.272. The zero-order valence-electron chi connectivity index (χ0n) is 15.0. The molecule has 2 saturated heterocycles. The molecule has 156 valence electrons. The number of methoxy groups -OCH3 is 1. The van der Waals surface area contributed by atoms with Crippen LogP contribution in [0.2, 0.25) is 0 Å². The van der Waals surface area contributed by atoms with E-state index in [0.29, 0.717) is 0 Å². The third-order valence-corrected chi connectivity index (χ3v) is 4.56. The van der Waals surface area contributed by atoms with Crippen LogP contribution in [-0.4, -0.2) is 106 Å². The van der Waals surface area contributed by atoms with E-state index >= 15 is 0 Å². The first-order chi connectivity index (χ1) is 12.6. The number of rotatable bonds is 5. The van der Waals surface area contributed by atoms with Gasteiger partial charge < -0.3 is 49.8 Å². The second kappa shape index (κ2) is 8.75.